The summed E-state index contributed by atoms with van der Waals surface area (Å²) in [7, 11) is 1.50. The van der Waals surface area contributed by atoms with Crippen LogP contribution in [0.4, 0.5) is 16.2 Å². The molecule has 0 heterocycles. The fourth-order valence-corrected chi connectivity index (χ4v) is 1.74. The predicted octanol–water partition coefficient (Wildman–Crippen LogP) is 2.61. The Morgan fingerprint density at radius 2 is 2.05 bits per heavy atom. The van der Waals surface area contributed by atoms with Crippen molar-refractivity contribution >= 4 is 23.4 Å². The minimum absolute atomic E-state index is 0.0261. The molecule has 1 saturated carbocycles. The number of hydrogen-bond donors (Lipinski definition) is 2. The van der Waals surface area contributed by atoms with Crippen molar-refractivity contribution in [3.8, 4) is 5.75 Å². The molecular formula is C14H18N2O4. The van der Waals surface area contributed by atoms with E-state index < -0.39 is 6.09 Å². The summed E-state index contributed by atoms with van der Waals surface area (Å²) in [5.74, 6) is 0.628. The molecule has 108 valence electrons. The highest BCUT2D eigenvalue weighted by Gasteiger charge is 2.29. The van der Waals surface area contributed by atoms with Crippen LogP contribution in [0.25, 0.3) is 0 Å². The van der Waals surface area contributed by atoms with Gasteiger partial charge in [-0.1, -0.05) is 0 Å². The van der Waals surface area contributed by atoms with Gasteiger partial charge in [-0.25, -0.2) is 4.79 Å². The molecule has 0 aliphatic heterocycles. The number of anilines is 2. The second-order valence-corrected chi connectivity index (χ2v) is 4.52. The molecule has 0 radical (unpaired) electrons. The zero-order chi connectivity index (χ0) is 14.5. The molecule has 0 aromatic heterocycles. The Morgan fingerprint density at radius 3 is 2.65 bits per heavy atom. The van der Waals surface area contributed by atoms with Crippen molar-refractivity contribution in [3.05, 3.63) is 18.2 Å². The average Bonchev–Trinajstić information content (AvgIpc) is 3.25. The first kappa shape index (κ1) is 14.2. The minimum Gasteiger partial charge on any atom is -0.494 e. The molecule has 0 atom stereocenters. The zero-order valence-corrected chi connectivity index (χ0v) is 11.6. The van der Waals surface area contributed by atoms with E-state index in [1.54, 1.807) is 25.1 Å². The summed E-state index contributed by atoms with van der Waals surface area (Å²) in [5.41, 5.74) is 1.14. The summed E-state index contributed by atoms with van der Waals surface area (Å²) in [6.07, 6.45) is 1.36. The Labute approximate surface area is 117 Å². The van der Waals surface area contributed by atoms with E-state index in [9.17, 15) is 9.59 Å². The van der Waals surface area contributed by atoms with Crippen LogP contribution in [0, 0.1) is 5.92 Å². The highest BCUT2D eigenvalue weighted by molar-refractivity contribution is 5.95. The lowest BCUT2D eigenvalue weighted by Gasteiger charge is -2.12. The minimum atomic E-state index is -0.541. The van der Waals surface area contributed by atoms with E-state index in [1.807, 2.05) is 0 Å². The number of rotatable bonds is 5. The van der Waals surface area contributed by atoms with Gasteiger partial charge in [0.1, 0.15) is 5.75 Å². The highest BCUT2D eigenvalue weighted by atomic mass is 16.5. The molecule has 6 nitrogen and oxygen atoms in total. The van der Waals surface area contributed by atoms with Gasteiger partial charge in [-0.05, 0) is 31.9 Å². The van der Waals surface area contributed by atoms with Gasteiger partial charge in [0.05, 0.1) is 19.4 Å². The van der Waals surface area contributed by atoms with Crippen LogP contribution in [-0.2, 0) is 9.53 Å². The van der Waals surface area contributed by atoms with Gasteiger partial charge in [0.25, 0.3) is 0 Å². The number of ether oxygens (including phenoxy) is 2. The first-order chi connectivity index (χ1) is 9.63. The van der Waals surface area contributed by atoms with Crippen molar-refractivity contribution in [1.29, 1.82) is 0 Å². The van der Waals surface area contributed by atoms with Crippen molar-refractivity contribution in [2.45, 2.75) is 19.8 Å². The molecule has 1 aromatic rings. The fourth-order valence-electron chi connectivity index (χ4n) is 1.74. The van der Waals surface area contributed by atoms with E-state index in [0.29, 0.717) is 23.7 Å². The number of benzene rings is 1. The van der Waals surface area contributed by atoms with Gasteiger partial charge in [0.15, 0.2) is 0 Å². The second-order valence-electron chi connectivity index (χ2n) is 4.52. The molecule has 1 aliphatic rings. The molecule has 6 heteroatoms. The Balaban J connectivity index is 2.06. The topological polar surface area (TPSA) is 76.7 Å². The van der Waals surface area contributed by atoms with Crippen molar-refractivity contribution < 1.29 is 19.1 Å². The Kier molecular flexibility index (Phi) is 4.45. The molecule has 0 spiro atoms. The average molecular weight is 278 g/mol. The van der Waals surface area contributed by atoms with Crippen molar-refractivity contribution in [3.63, 3.8) is 0 Å². The Bertz CT molecular complexity index is 512. The fraction of sp³-hybridized carbons (Fsp3) is 0.429. The highest BCUT2D eigenvalue weighted by Crippen LogP contribution is 2.32. The van der Waals surface area contributed by atoms with Gasteiger partial charge >= 0.3 is 6.09 Å². The normalized spacial score (nSPS) is 13.5. The summed E-state index contributed by atoms with van der Waals surface area (Å²) in [6, 6.07) is 5.05. The van der Waals surface area contributed by atoms with E-state index in [-0.39, 0.29) is 11.8 Å². The van der Waals surface area contributed by atoms with Crippen LogP contribution < -0.4 is 15.4 Å². The quantitative estimate of drug-likeness (QED) is 0.868. The summed E-state index contributed by atoms with van der Waals surface area (Å²) in [6.45, 7) is 2.02. The summed E-state index contributed by atoms with van der Waals surface area (Å²) >= 11 is 0. The first-order valence-electron chi connectivity index (χ1n) is 6.56. The number of carbonyl (C=O) groups is 2. The lowest BCUT2D eigenvalue weighted by Crippen LogP contribution is -2.15. The summed E-state index contributed by atoms with van der Waals surface area (Å²) in [4.78, 5) is 23.1. The van der Waals surface area contributed by atoms with Crippen LogP contribution in [0.1, 0.15) is 19.8 Å². The van der Waals surface area contributed by atoms with Crippen LogP contribution in [0.15, 0.2) is 18.2 Å². The van der Waals surface area contributed by atoms with Gasteiger partial charge in [0, 0.05) is 17.7 Å². The third kappa shape index (κ3) is 3.63. The number of methoxy groups -OCH3 is 1. The summed E-state index contributed by atoms with van der Waals surface area (Å²) < 4.78 is 10.0. The zero-order valence-electron chi connectivity index (χ0n) is 11.6. The van der Waals surface area contributed by atoms with Gasteiger partial charge in [-0.15, -0.1) is 0 Å². The van der Waals surface area contributed by atoms with E-state index in [4.69, 9.17) is 9.47 Å². The molecule has 20 heavy (non-hydrogen) atoms. The van der Waals surface area contributed by atoms with Crippen LogP contribution in [0.5, 0.6) is 5.75 Å². The molecule has 1 aromatic carbocycles. The van der Waals surface area contributed by atoms with Gasteiger partial charge < -0.3 is 14.8 Å². The van der Waals surface area contributed by atoms with E-state index in [0.717, 1.165) is 12.8 Å². The van der Waals surface area contributed by atoms with Crippen molar-refractivity contribution in [1.82, 2.24) is 0 Å². The number of nitrogens with one attached hydrogen (secondary N) is 2. The van der Waals surface area contributed by atoms with Crippen LogP contribution in [-0.4, -0.2) is 25.7 Å². The van der Waals surface area contributed by atoms with E-state index in [1.165, 1.54) is 7.11 Å². The Morgan fingerprint density at radius 1 is 1.30 bits per heavy atom. The van der Waals surface area contributed by atoms with Crippen LogP contribution in [0.2, 0.25) is 0 Å². The molecule has 0 bridgehead atoms. The third-order valence-corrected chi connectivity index (χ3v) is 2.93. The smallest absolute Gasteiger partial charge is 0.411 e. The van der Waals surface area contributed by atoms with E-state index in [2.05, 4.69) is 10.6 Å². The SMILES string of the molecule is CCOC(=O)Nc1ccc(NC(=O)C2CC2)cc1OC. The van der Waals surface area contributed by atoms with Gasteiger partial charge in [-0.3, -0.25) is 10.1 Å². The molecule has 2 amide bonds. The lowest BCUT2D eigenvalue weighted by atomic mass is 10.2. The van der Waals surface area contributed by atoms with Crippen molar-refractivity contribution in [2.75, 3.05) is 24.4 Å². The molecular weight excluding hydrogens is 260 g/mol. The second kappa shape index (κ2) is 6.27. The van der Waals surface area contributed by atoms with Gasteiger partial charge in [-0.2, -0.15) is 0 Å². The maximum Gasteiger partial charge on any atom is 0.411 e. The van der Waals surface area contributed by atoms with E-state index >= 15 is 0 Å². The Hall–Kier alpha value is -2.24. The maximum absolute atomic E-state index is 11.7. The third-order valence-electron chi connectivity index (χ3n) is 2.93. The molecule has 1 aliphatic carbocycles. The standard InChI is InChI=1S/C14H18N2O4/c1-3-20-14(18)16-11-7-6-10(8-12(11)19-2)15-13(17)9-4-5-9/h6-9H,3-5H2,1-2H3,(H,15,17)(H,16,18). The lowest BCUT2D eigenvalue weighted by molar-refractivity contribution is -0.117. The number of hydrogen-bond acceptors (Lipinski definition) is 4. The molecule has 2 N–H and O–H groups in total. The first-order valence-corrected chi connectivity index (χ1v) is 6.56. The van der Waals surface area contributed by atoms with Crippen molar-refractivity contribution in [2.24, 2.45) is 5.92 Å². The molecule has 1 fully saturated rings. The number of carbonyl (C=O) groups excluding carboxylic acids is 2. The number of amides is 2. The summed E-state index contributed by atoms with van der Waals surface area (Å²) in [5, 5.41) is 5.40. The predicted molar refractivity (Wildman–Crippen MR) is 75.0 cm³/mol. The van der Waals surface area contributed by atoms with Crippen LogP contribution >= 0.6 is 0 Å². The monoisotopic (exact) mass is 278 g/mol. The van der Waals surface area contributed by atoms with Crippen LogP contribution in [0.3, 0.4) is 0 Å². The maximum atomic E-state index is 11.7. The molecule has 0 saturated heterocycles. The largest absolute Gasteiger partial charge is 0.494 e. The van der Waals surface area contributed by atoms with Gasteiger partial charge in [0.2, 0.25) is 5.91 Å². The molecule has 2 rings (SSSR count). The molecule has 0 unspecified atom stereocenters.